The minimum atomic E-state index is 0.744. The van der Waals surface area contributed by atoms with Crippen molar-refractivity contribution >= 4 is 40.4 Å². The van der Waals surface area contributed by atoms with Crippen LogP contribution in [0.4, 0.5) is 0 Å². The number of hydrogen-bond donors (Lipinski definition) is 0. The zero-order valence-corrected chi connectivity index (χ0v) is 15.3. The Morgan fingerprint density at radius 3 is 2.08 bits per heavy atom. The van der Waals surface area contributed by atoms with E-state index in [0.717, 1.165) is 33.6 Å². The molecule has 2 aromatic carbocycles. The predicted molar refractivity (Wildman–Crippen MR) is 104 cm³/mol. The Morgan fingerprint density at radius 1 is 0.840 bits per heavy atom. The van der Waals surface area contributed by atoms with E-state index in [2.05, 4.69) is 65.0 Å². The Labute approximate surface area is 157 Å². The molecule has 0 bridgehead atoms. The molecule has 4 heteroatoms. The van der Waals surface area contributed by atoms with Crippen LogP contribution in [0.2, 0.25) is 10.0 Å². The topological polar surface area (TPSA) is 8.81 Å². The van der Waals surface area contributed by atoms with Crippen molar-refractivity contribution in [3.63, 3.8) is 0 Å². The van der Waals surface area contributed by atoms with Gasteiger partial charge in [-0.25, -0.2) is 9.13 Å². The standard InChI is InChI=1S/C21H17Cl2N2/c1-24-10-11-25-14-18(16-4-8-20(23)9-5-16)12-17(13-21(24)25)15-2-6-19(22)7-3-15/h2-13H,14H2,1H3/q+1. The fourth-order valence-electron chi connectivity index (χ4n) is 3.10. The van der Waals surface area contributed by atoms with E-state index in [1.54, 1.807) is 0 Å². The van der Waals surface area contributed by atoms with Gasteiger partial charge in [-0.3, -0.25) is 0 Å². The third-order valence-electron chi connectivity index (χ3n) is 4.47. The Hall–Kier alpha value is -2.29. The third-order valence-corrected chi connectivity index (χ3v) is 4.98. The number of halogens is 2. The lowest BCUT2D eigenvalue weighted by molar-refractivity contribution is -0.672. The summed E-state index contributed by atoms with van der Waals surface area (Å²) < 4.78 is 4.39. The van der Waals surface area contributed by atoms with E-state index < -0.39 is 0 Å². The summed E-state index contributed by atoms with van der Waals surface area (Å²) in [5.74, 6) is 1.16. The van der Waals surface area contributed by atoms with E-state index in [-0.39, 0.29) is 0 Å². The summed E-state index contributed by atoms with van der Waals surface area (Å²) in [5.41, 5.74) is 4.72. The number of aromatic nitrogens is 2. The van der Waals surface area contributed by atoms with Crippen molar-refractivity contribution in [2.45, 2.75) is 6.54 Å². The van der Waals surface area contributed by atoms with Gasteiger partial charge in [-0.05, 0) is 47.0 Å². The van der Waals surface area contributed by atoms with Gasteiger partial charge >= 0.3 is 0 Å². The number of aryl methyl sites for hydroxylation is 1. The van der Waals surface area contributed by atoms with E-state index in [9.17, 15) is 0 Å². The Balaban J connectivity index is 1.87. The molecular formula is C21H17Cl2N2+. The van der Waals surface area contributed by atoms with Crippen molar-refractivity contribution in [3.05, 3.63) is 94.0 Å². The van der Waals surface area contributed by atoms with Gasteiger partial charge in [0.2, 0.25) is 0 Å². The van der Waals surface area contributed by atoms with Gasteiger partial charge in [0.15, 0.2) is 0 Å². The molecule has 0 saturated heterocycles. The van der Waals surface area contributed by atoms with E-state index in [0.29, 0.717) is 0 Å². The van der Waals surface area contributed by atoms with Crippen molar-refractivity contribution in [3.8, 4) is 0 Å². The number of benzene rings is 2. The molecule has 0 fully saturated rings. The van der Waals surface area contributed by atoms with Crippen LogP contribution in [0.1, 0.15) is 17.0 Å². The Morgan fingerprint density at radius 2 is 1.44 bits per heavy atom. The molecule has 0 unspecified atom stereocenters. The molecular weight excluding hydrogens is 351 g/mol. The molecule has 25 heavy (non-hydrogen) atoms. The van der Waals surface area contributed by atoms with Gasteiger partial charge in [0.05, 0.1) is 7.05 Å². The van der Waals surface area contributed by atoms with Crippen LogP contribution in [0.5, 0.6) is 0 Å². The highest BCUT2D eigenvalue weighted by Crippen LogP contribution is 2.29. The van der Waals surface area contributed by atoms with Crippen LogP contribution >= 0.6 is 23.2 Å². The van der Waals surface area contributed by atoms with Crippen LogP contribution in [-0.4, -0.2) is 4.57 Å². The quantitative estimate of drug-likeness (QED) is 0.546. The first kappa shape index (κ1) is 16.2. The Bertz CT molecular complexity index is 978. The van der Waals surface area contributed by atoms with Crippen molar-refractivity contribution in [2.75, 3.05) is 0 Å². The molecule has 0 amide bonds. The van der Waals surface area contributed by atoms with Gasteiger partial charge in [-0.2, -0.15) is 0 Å². The molecule has 1 aliphatic heterocycles. The summed E-state index contributed by atoms with van der Waals surface area (Å²) in [6.45, 7) is 0.811. The molecule has 1 aromatic heterocycles. The average Bonchev–Trinajstić information content (AvgIpc) is 2.84. The number of hydrogen-bond acceptors (Lipinski definition) is 0. The molecule has 0 spiro atoms. The van der Waals surface area contributed by atoms with Crippen molar-refractivity contribution in [1.29, 1.82) is 0 Å². The van der Waals surface area contributed by atoms with Crippen LogP contribution in [-0.2, 0) is 13.6 Å². The van der Waals surface area contributed by atoms with Gasteiger partial charge < -0.3 is 0 Å². The first-order valence-electron chi connectivity index (χ1n) is 8.09. The second-order valence-electron chi connectivity index (χ2n) is 6.18. The number of fused-ring (bicyclic) bond motifs is 1. The highest BCUT2D eigenvalue weighted by Gasteiger charge is 2.19. The Kier molecular flexibility index (Phi) is 4.24. The second kappa shape index (κ2) is 6.55. The molecule has 0 radical (unpaired) electrons. The maximum absolute atomic E-state index is 6.06. The van der Waals surface area contributed by atoms with E-state index >= 15 is 0 Å². The second-order valence-corrected chi connectivity index (χ2v) is 7.05. The maximum atomic E-state index is 6.06. The van der Waals surface area contributed by atoms with Crippen molar-refractivity contribution < 1.29 is 4.57 Å². The molecule has 0 N–H and O–H groups in total. The number of nitrogens with zero attached hydrogens (tertiary/aromatic N) is 2. The molecule has 124 valence electrons. The van der Waals surface area contributed by atoms with Crippen LogP contribution in [0, 0.1) is 0 Å². The van der Waals surface area contributed by atoms with E-state index in [1.807, 2.05) is 24.3 Å². The zero-order chi connectivity index (χ0) is 17.4. The molecule has 3 aromatic rings. The minimum absolute atomic E-state index is 0.744. The van der Waals surface area contributed by atoms with Gasteiger partial charge in [0, 0.05) is 21.7 Å². The molecule has 1 aliphatic rings. The third kappa shape index (κ3) is 3.28. The fraction of sp³-hybridized carbons (Fsp3) is 0.0952. The fourth-order valence-corrected chi connectivity index (χ4v) is 3.35. The number of allylic oxidation sites excluding steroid dienone is 3. The van der Waals surface area contributed by atoms with Crippen LogP contribution in [0.3, 0.4) is 0 Å². The van der Waals surface area contributed by atoms with Crippen LogP contribution in [0.15, 0.2) is 67.0 Å². The van der Waals surface area contributed by atoms with Crippen LogP contribution in [0.25, 0.3) is 17.2 Å². The van der Waals surface area contributed by atoms with Gasteiger partial charge in [-0.1, -0.05) is 47.5 Å². The molecule has 0 saturated carbocycles. The normalized spacial score (nSPS) is 13.7. The largest absolute Gasteiger partial charge is 0.282 e. The minimum Gasteiger partial charge on any atom is -0.233 e. The zero-order valence-electron chi connectivity index (χ0n) is 13.8. The SMILES string of the molecule is C[n+]1ccn2c1C=C(c1ccc(Cl)cc1)C=C(c1ccc(Cl)cc1)C2. The monoisotopic (exact) mass is 367 g/mol. The summed E-state index contributed by atoms with van der Waals surface area (Å²) in [5, 5.41) is 1.49. The summed E-state index contributed by atoms with van der Waals surface area (Å²) in [6.07, 6.45) is 8.65. The summed E-state index contributed by atoms with van der Waals surface area (Å²) in [6, 6.07) is 16.0. The highest BCUT2D eigenvalue weighted by molar-refractivity contribution is 6.30. The van der Waals surface area contributed by atoms with Gasteiger partial charge in [0.25, 0.3) is 5.82 Å². The van der Waals surface area contributed by atoms with Crippen LogP contribution < -0.4 is 4.57 Å². The predicted octanol–water partition coefficient (Wildman–Crippen LogP) is 5.26. The first-order valence-corrected chi connectivity index (χ1v) is 8.85. The first-order chi connectivity index (χ1) is 12.1. The van der Waals surface area contributed by atoms with Crippen molar-refractivity contribution in [2.24, 2.45) is 7.05 Å². The average molecular weight is 368 g/mol. The molecule has 0 aliphatic carbocycles. The summed E-state index contributed by atoms with van der Waals surface area (Å²) in [4.78, 5) is 0. The van der Waals surface area contributed by atoms with Gasteiger partial charge in [-0.15, -0.1) is 0 Å². The summed E-state index contributed by atoms with van der Waals surface area (Å²) in [7, 11) is 2.06. The molecule has 2 nitrogen and oxygen atoms in total. The van der Waals surface area contributed by atoms with E-state index in [4.69, 9.17) is 23.2 Å². The maximum Gasteiger partial charge on any atom is 0.282 e. The lowest BCUT2D eigenvalue weighted by atomic mass is 9.99. The number of rotatable bonds is 2. The van der Waals surface area contributed by atoms with Crippen molar-refractivity contribution in [1.82, 2.24) is 4.57 Å². The van der Waals surface area contributed by atoms with Gasteiger partial charge in [0.1, 0.15) is 18.9 Å². The highest BCUT2D eigenvalue weighted by atomic mass is 35.5. The smallest absolute Gasteiger partial charge is 0.233 e. The lowest BCUT2D eigenvalue weighted by Crippen LogP contribution is -2.29. The summed E-state index contributed by atoms with van der Waals surface area (Å²) >= 11 is 12.1. The number of imidazole rings is 1. The lowest BCUT2D eigenvalue weighted by Gasteiger charge is -2.07. The molecule has 4 rings (SSSR count). The molecule has 0 atom stereocenters. The molecule has 2 heterocycles. The van der Waals surface area contributed by atoms with E-state index in [1.165, 1.54) is 11.1 Å².